The van der Waals surface area contributed by atoms with Crippen LogP contribution in [0.3, 0.4) is 0 Å². The summed E-state index contributed by atoms with van der Waals surface area (Å²) in [4.78, 5) is 10.3. The summed E-state index contributed by atoms with van der Waals surface area (Å²) in [7, 11) is -3.95. The van der Waals surface area contributed by atoms with Crippen LogP contribution in [0, 0.1) is 17.0 Å². The summed E-state index contributed by atoms with van der Waals surface area (Å²) in [5.74, 6) is 0. The Morgan fingerprint density at radius 2 is 1.77 bits per heavy atom. The van der Waals surface area contributed by atoms with Crippen molar-refractivity contribution in [2.45, 2.75) is 24.7 Å². The SMILES string of the molecule is Cc1ccc([N+](=O)[O-])cc1S(=O)(=O)Nc1ccc2c3c(cccc13)CC2. The van der Waals surface area contributed by atoms with Gasteiger partial charge in [0.05, 0.1) is 15.5 Å². The lowest BCUT2D eigenvalue weighted by atomic mass is 10.0. The second-order valence-corrected chi connectivity index (χ2v) is 8.08. The van der Waals surface area contributed by atoms with Gasteiger partial charge in [0.25, 0.3) is 15.7 Å². The zero-order valence-electron chi connectivity index (χ0n) is 14.0. The van der Waals surface area contributed by atoms with Gasteiger partial charge in [-0.05, 0) is 47.9 Å². The average Bonchev–Trinajstić information content (AvgIpc) is 3.02. The van der Waals surface area contributed by atoms with E-state index in [0.29, 0.717) is 11.3 Å². The third kappa shape index (κ3) is 2.61. The Morgan fingerprint density at radius 3 is 2.50 bits per heavy atom. The Kier molecular flexibility index (Phi) is 3.69. The van der Waals surface area contributed by atoms with Crippen molar-refractivity contribution in [1.29, 1.82) is 0 Å². The molecule has 4 rings (SSSR count). The Morgan fingerprint density at radius 1 is 1.04 bits per heavy atom. The topological polar surface area (TPSA) is 89.3 Å². The van der Waals surface area contributed by atoms with E-state index in [-0.39, 0.29) is 10.6 Å². The van der Waals surface area contributed by atoms with Crippen LogP contribution in [0.2, 0.25) is 0 Å². The molecule has 0 fully saturated rings. The first-order valence-corrected chi connectivity index (χ1v) is 9.66. The summed E-state index contributed by atoms with van der Waals surface area (Å²) >= 11 is 0. The van der Waals surface area contributed by atoms with Crippen LogP contribution >= 0.6 is 0 Å². The molecule has 0 aromatic heterocycles. The van der Waals surface area contributed by atoms with Gasteiger partial charge in [-0.1, -0.05) is 30.3 Å². The van der Waals surface area contributed by atoms with Gasteiger partial charge in [0.1, 0.15) is 0 Å². The monoisotopic (exact) mass is 368 g/mol. The Hall–Kier alpha value is -2.93. The molecule has 6 nitrogen and oxygen atoms in total. The number of benzene rings is 3. The smallest absolute Gasteiger partial charge is 0.270 e. The molecule has 0 bridgehead atoms. The molecule has 0 atom stereocenters. The van der Waals surface area contributed by atoms with E-state index in [1.165, 1.54) is 23.3 Å². The van der Waals surface area contributed by atoms with Crippen molar-refractivity contribution in [3.05, 3.63) is 75.3 Å². The summed E-state index contributed by atoms with van der Waals surface area (Å²) in [5, 5.41) is 12.9. The number of sulfonamides is 1. The molecular weight excluding hydrogens is 352 g/mol. The quantitative estimate of drug-likeness (QED) is 0.558. The standard InChI is InChI=1S/C19H16N2O4S/c1-12-5-9-15(21(22)23)11-18(12)26(24,25)20-17-10-8-14-7-6-13-3-2-4-16(17)19(13)14/h2-5,8-11,20H,6-7H2,1H3. The fourth-order valence-electron chi connectivity index (χ4n) is 3.53. The molecule has 7 heteroatoms. The lowest BCUT2D eigenvalue weighted by molar-refractivity contribution is -0.385. The number of non-ortho nitro benzene ring substituents is 1. The van der Waals surface area contributed by atoms with E-state index >= 15 is 0 Å². The maximum Gasteiger partial charge on any atom is 0.270 e. The van der Waals surface area contributed by atoms with Gasteiger partial charge in [-0.3, -0.25) is 14.8 Å². The maximum absolute atomic E-state index is 12.9. The number of nitro benzene ring substituents is 1. The summed E-state index contributed by atoms with van der Waals surface area (Å²) in [5.41, 5.74) is 3.11. The molecule has 0 saturated heterocycles. The van der Waals surface area contributed by atoms with Crippen molar-refractivity contribution < 1.29 is 13.3 Å². The lowest BCUT2D eigenvalue weighted by Gasteiger charge is -2.13. The molecule has 0 saturated carbocycles. The molecule has 0 spiro atoms. The predicted molar refractivity (Wildman–Crippen MR) is 100.0 cm³/mol. The maximum atomic E-state index is 12.9. The summed E-state index contributed by atoms with van der Waals surface area (Å²) in [6, 6.07) is 13.4. The predicted octanol–water partition coefficient (Wildman–Crippen LogP) is 3.96. The minimum Gasteiger partial charge on any atom is -0.279 e. The van der Waals surface area contributed by atoms with Crippen molar-refractivity contribution in [2.75, 3.05) is 4.72 Å². The number of nitrogens with zero attached hydrogens (tertiary/aromatic N) is 1. The highest BCUT2D eigenvalue weighted by molar-refractivity contribution is 7.92. The fraction of sp³-hybridized carbons (Fsp3) is 0.158. The Labute approximate surface area is 150 Å². The number of nitrogens with one attached hydrogen (secondary N) is 1. The van der Waals surface area contributed by atoms with Crippen LogP contribution in [0.4, 0.5) is 11.4 Å². The molecule has 0 heterocycles. The van der Waals surface area contributed by atoms with Gasteiger partial charge in [-0.15, -0.1) is 0 Å². The van der Waals surface area contributed by atoms with Crippen LogP contribution in [0.5, 0.6) is 0 Å². The summed E-state index contributed by atoms with van der Waals surface area (Å²) < 4.78 is 28.4. The van der Waals surface area contributed by atoms with Crippen LogP contribution in [0.1, 0.15) is 16.7 Å². The van der Waals surface area contributed by atoms with E-state index in [4.69, 9.17) is 0 Å². The average molecular weight is 368 g/mol. The van der Waals surface area contributed by atoms with Crippen LogP contribution in [-0.4, -0.2) is 13.3 Å². The zero-order valence-corrected chi connectivity index (χ0v) is 14.8. The number of hydrogen-bond donors (Lipinski definition) is 1. The fourth-order valence-corrected chi connectivity index (χ4v) is 4.87. The second kappa shape index (κ2) is 5.81. The second-order valence-electron chi connectivity index (χ2n) is 6.42. The molecule has 0 unspecified atom stereocenters. The highest BCUT2D eigenvalue weighted by Gasteiger charge is 2.23. The van der Waals surface area contributed by atoms with Gasteiger partial charge in [0, 0.05) is 17.5 Å². The number of aryl methyl sites for hydroxylation is 3. The largest absolute Gasteiger partial charge is 0.279 e. The van der Waals surface area contributed by atoms with Gasteiger partial charge in [-0.25, -0.2) is 8.42 Å². The molecule has 3 aromatic rings. The third-order valence-corrected chi connectivity index (χ3v) is 6.30. The van der Waals surface area contributed by atoms with Crippen LogP contribution in [0.15, 0.2) is 53.4 Å². The van der Waals surface area contributed by atoms with E-state index in [0.717, 1.165) is 29.7 Å². The van der Waals surface area contributed by atoms with Crippen molar-refractivity contribution in [3.8, 4) is 0 Å². The van der Waals surface area contributed by atoms with Gasteiger partial charge < -0.3 is 0 Å². The Balaban J connectivity index is 1.82. The number of nitro groups is 1. The molecule has 0 radical (unpaired) electrons. The van der Waals surface area contributed by atoms with E-state index < -0.39 is 14.9 Å². The van der Waals surface area contributed by atoms with E-state index in [2.05, 4.69) is 10.8 Å². The molecule has 1 aliphatic rings. The van der Waals surface area contributed by atoms with Gasteiger partial charge in [-0.2, -0.15) is 0 Å². The van der Waals surface area contributed by atoms with E-state index in [9.17, 15) is 18.5 Å². The number of rotatable bonds is 4. The molecule has 0 aliphatic heterocycles. The van der Waals surface area contributed by atoms with Gasteiger partial charge in [0.15, 0.2) is 0 Å². The molecule has 132 valence electrons. The molecule has 1 aliphatic carbocycles. The highest BCUT2D eigenvalue weighted by Crippen LogP contribution is 2.36. The molecule has 26 heavy (non-hydrogen) atoms. The van der Waals surface area contributed by atoms with Gasteiger partial charge in [0.2, 0.25) is 0 Å². The summed E-state index contributed by atoms with van der Waals surface area (Å²) in [6.07, 6.45) is 1.90. The van der Waals surface area contributed by atoms with Crippen molar-refractivity contribution in [2.24, 2.45) is 0 Å². The van der Waals surface area contributed by atoms with Crippen molar-refractivity contribution in [3.63, 3.8) is 0 Å². The first-order chi connectivity index (χ1) is 12.4. The van der Waals surface area contributed by atoms with Crippen molar-refractivity contribution in [1.82, 2.24) is 0 Å². The number of hydrogen-bond acceptors (Lipinski definition) is 4. The van der Waals surface area contributed by atoms with Gasteiger partial charge >= 0.3 is 0 Å². The molecule has 3 aromatic carbocycles. The lowest BCUT2D eigenvalue weighted by Crippen LogP contribution is -2.15. The first-order valence-electron chi connectivity index (χ1n) is 8.18. The summed E-state index contributed by atoms with van der Waals surface area (Å²) in [6.45, 7) is 1.62. The van der Waals surface area contributed by atoms with Crippen LogP contribution in [0.25, 0.3) is 10.8 Å². The van der Waals surface area contributed by atoms with Crippen LogP contribution < -0.4 is 4.72 Å². The zero-order chi connectivity index (χ0) is 18.5. The van der Waals surface area contributed by atoms with Crippen LogP contribution in [-0.2, 0) is 22.9 Å². The molecular formula is C19H16N2O4S. The highest BCUT2D eigenvalue weighted by atomic mass is 32.2. The van der Waals surface area contributed by atoms with E-state index in [1.54, 1.807) is 13.0 Å². The van der Waals surface area contributed by atoms with Crippen molar-refractivity contribution >= 4 is 32.2 Å². The van der Waals surface area contributed by atoms with E-state index in [1.807, 2.05) is 18.2 Å². The minimum atomic E-state index is -3.95. The Bertz CT molecular complexity index is 1160. The minimum absolute atomic E-state index is 0.0880. The normalized spacial score (nSPS) is 13.1. The molecule has 1 N–H and O–H groups in total. The molecule has 0 amide bonds. The third-order valence-electron chi connectivity index (χ3n) is 4.79. The number of anilines is 1. The first kappa shape index (κ1) is 16.5.